The van der Waals surface area contributed by atoms with Crippen LogP contribution in [-0.4, -0.2) is 24.6 Å². The lowest BCUT2D eigenvalue weighted by Crippen LogP contribution is -2.29. The summed E-state index contributed by atoms with van der Waals surface area (Å²) in [7, 11) is 0. The fourth-order valence-corrected chi connectivity index (χ4v) is 3.14. The molecule has 0 aliphatic heterocycles. The molecule has 0 aliphatic rings. The Hall–Kier alpha value is -3.67. The minimum absolute atomic E-state index is 0.178. The highest BCUT2D eigenvalue weighted by atomic mass is 16.6. The molecule has 0 bridgehead atoms. The second kappa shape index (κ2) is 9.69. The number of carbonyl (C=O) groups is 2. The van der Waals surface area contributed by atoms with E-state index in [-0.39, 0.29) is 18.6 Å². The zero-order valence-corrected chi connectivity index (χ0v) is 17.3. The van der Waals surface area contributed by atoms with Crippen molar-refractivity contribution in [1.82, 2.24) is 5.32 Å². The third kappa shape index (κ3) is 5.67. The molecule has 6 nitrogen and oxygen atoms in total. The smallest absolute Gasteiger partial charge is 0.270 e. The Morgan fingerprint density at radius 2 is 1.80 bits per heavy atom. The summed E-state index contributed by atoms with van der Waals surface area (Å²) in [5.74, 6) is -0.741. The third-order valence-electron chi connectivity index (χ3n) is 4.73. The highest BCUT2D eigenvalue weighted by molar-refractivity contribution is 6.31. The molecule has 2 N–H and O–H groups in total. The zero-order valence-electron chi connectivity index (χ0n) is 17.3. The number of oxime groups is 1. The first-order chi connectivity index (χ1) is 14.4. The Balaban J connectivity index is 1.46. The molecule has 0 saturated carbocycles. The van der Waals surface area contributed by atoms with Gasteiger partial charge in [0, 0.05) is 5.69 Å². The fraction of sp³-hybridized carbons (Fsp3) is 0.208. The van der Waals surface area contributed by atoms with Gasteiger partial charge in [0.15, 0.2) is 6.61 Å². The number of nitrogens with zero attached hydrogens (tertiary/aromatic N) is 1. The number of hydrogen-bond donors (Lipinski definition) is 2. The van der Waals surface area contributed by atoms with Gasteiger partial charge in [-0.3, -0.25) is 9.59 Å². The summed E-state index contributed by atoms with van der Waals surface area (Å²) in [6.07, 6.45) is 1.01. The molecule has 2 amide bonds. The van der Waals surface area contributed by atoms with E-state index in [9.17, 15) is 9.59 Å². The zero-order chi connectivity index (χ0) is 21.5. The van der Waals surface area contributed by atoms with Gasteiger partial charge < -0.3 is 15.5 Å². The lowest BCUT2D eigenvalue weighted by Gasteiger charge is -2.14. The van der Waals surface area contributed by atoms with Crippen LogP contribution < -0.4 is 10.6 Å². The van der Waals surface area contributed by atoms with E-state index in [1.54, 1.807) is 0 Å². The molecule has 1 atom stereocenters. The first-order valence-electron chi connectivity index (χ1n) is 9.74. The van der Waals surface area contributed by atoms with E-state index in [1.807, 2.05) is 75.4 Å². The molecule has 3 aromatic carbocycles. The van der Waals surface area contributed by atoms with Crippen LogP contribution in [-0.2, 0) is 14.4 Å². The Bertz CT molecular complexity index is 1090. The van der Waals surface area contributed by atoms with Crippen molar-refractivity contribution in [2.45, 2.75) is 26.8 Å². The van der Waals surface area contributed by atoms with Gasteiger partial charge in [-0.15, -0.1) is 0 Å². The van der Waals surface area contributed by atoms with E-state index in [4.69, 9.17) is 4.84 Å². The molecule has 0 saturated heterocycles. The van der Waals surface area contributed by atoms with Crippen LogP contribution >= 0.6 is 0 Å². The number of fused-ring (bicyclic) bond motifs is 1. The van der Waals surface area contributed by atoms with Gasteiger partial charge in [0.25, 0.3) is 11.8 Å². The standard InChI is InChI=1S/C24H25N3O3/c1-16-8-11-22(17(2)12-16)27-23(28)14-25-30-15-24(29)26-18(3)20-10-9-19-6-4-5-7-21(19)13-20/h4-14,18H,15H2,1-3H3,(H,26,29)(H,27,28)/b25-14-/t18-/m0/s1. The largest absolute Gasteiger partial charge is 0.386 e. The van der Waals surface area contributed by atoms with Crippen LogP contribution in [0.25, 0.3) is 10.8 Å². The number of anilines is 1. The van der Waals surface area contributed by atoms with Crippen LogP contribution in [0.1, 0.15) is 29.7 Å². The molecule has 0 unspecified atom stereocenters. The van der Waals surface area contributed by atoms with Gasteiger partial charge in [-0.25, -0.2) is 0 Å². The lowest BCUT2D eigenvalue weighted by atomic mass is 10.0. The quantitative estimate of drug-likeness (QED) is 0.457. The number of rotatable bonds is 7. The molecule has 0 aromatic heterocycles. The molecule has 3 aromatic rings. The van der Waals surface area contributed by atoms with Crippen molar-refractivity contribution in [3.63, 3.8) is 0 Å². The molecule has 0 fully saturated rings. The maximum atomic E-state index is 12.1. The van der Waals surface area contributed by atoms with E-state index >= 15 is 0 Å². The topological polar surface area (TPSA) is 79.8 Å². The number of benzene rings is 3. The van der Waals surface area contributed by atoms with Gasteiger partial charge in [0.2, 0.25) is 0 Å². The van der Waals surface area contributed by atoms with Gasteiger partial charge in [0.1, 0.15) is 6.21 Å². The van der Waals surface area contributed by atoms with Crippen molar-refractivity contribution in [1.29, 1.82) is 0 Å². The highest BCUT2D eigenvalue weighted by Crippen LogP contribution is 2.20. The monoisotopic (exact) mass is 403 g/mol. The van der Waals surface area contributed by atoms with Crippen LogP contribution in [0.2, 0.25) is 0 Å². The molecule has 3 rings (SSSR count). The summed E-state index contributed by atoms with van der Waals surface area (Å²) < 4.78 is 0. The van der Waals surface area contributed by atoms with Crippen LogP contribution in [0, 0.1) is 13.8 Å². The predicted octanol–water partition coefficient (Wildman–Crippen LogP) is 4.27. The molecule has 0 radical (unpaired) electrons. The Morgan fingerprint density at radius 1 is 1.03 bits per heavy atom. The molecule has 0 heterocycles. The van der Waals surface area contributed by atoms with Crippen molar-refractivity contribution >= 4 is 34.5 Å². The molecular formula is C24H25N3O3. The van der Waals surface area contributed by atoms with Crippen LogP contribution in [0.3, 0.4) is 0 Å². The Labute approximate surface area is 175 Å². The van der Waals surface area contributed by atoms with Gasteiger partial charge in [-0.1, -0.05) is 59.3 Å². The highest BCUT2D eigenvalue weighted by Gasteiger charge is 2.10. The molecular weight excluding hydrogens is 378 g/mol. The molecule has 6 heteroatoms. The number of carbonyl (C=O) groups excluding carboxylic acids is 2. The third-order valence-corrected chi connectivity index (χ3v) is 4.73. The van der Waals surface area contributed by atoms with Crippen molar-refractivity contribution in [2.75, 3.05) is 11.9 Å². The van der Waals surface area contributed by atoms with E-state index in [0.29, 0.717) is 5.69 Å². The van der Waals surface area contributed by atoms with Crippen LogP contribution in [0.5, 0.6) is 0 Å². The van der Waals surface area contributed by atoms with E-state index < -0.39 is 5.91 Å². The number of nitrogens with one attached hydrogen (secondary N) is 2. The van der Waals surface area contributed by atoms with Crippen molar-refractivity contribution in [2.24, 2.45) is 5.16 Å². The number of hydrogen-bond acceptors (Lipinski definition) is 4. The van der Waals surface area contributed by atoms with E-state index in [2.05, 4.69) is 21.9 Å². The van der Waals surface area contributed by atoms with Crippen LogP contribution in [0.15, 0.2) is 65.8 Å². The SMILES string of the molecule is Cc1ccc(NC(=O)/C=N\OCC(=O)N[C@@H](C)c2ccc3ccccc3c2)c(C)c1. The summed E-state index contributed by atoms with van der Waals surface area (Å²) in [5, 5.41) is 11.4. The Kier molecular flexibility index (Phi) is 6.80. The molecule has 30 heavy (non-hydrogen) atoms. The molecule has 0 spiro atoms. The van der Waals surface area contributed by atoms with Gasteiger partial charge in [-0.2, -0.15) is 0 Å². The summed E-state index contributed by atoms with van der Waals surface area (Å²) in [6.45, 7) is 5.53. The maximum absolute atomic E-state index is 12.1. The summed E-state index contributed by atoms with van der Waals surface area (Å²) in [4.78, 5) is 29.0. The molecule has 154 valence electrons. The van der Waals surface area contributed by atoms with Crippen LogP contribution in [0.4, 0.5) is 5.69 Å². The minimum Gasteiger partial charge on any atom is -0.386 e. The van der Waals surface area contributed by atoms with Crippen molar-refractivity contribution in [3.8, 4) is 0 Å². The first kappa shape index (κ1) is 21.0. The molecule has 0 aliphatic carbocycles. The number of aryl methyl sites for hydroxylation is 2. The second-order valence-corrected chi connectivity index (χ2v) is 7.21. The second-order valence-electron chi connectivity index (χ2n) is 7.21. The van der Waals surface area contributed by atoms with Gasteiger partial charge in [0.05, 0.1) is 6.04 Å². The summed E-state index contributed by atoms with van der Waals surface area (Å²) in [5.41, 5.74) is 3.78. The van der Waals surface area contributed by atoms with Crippen molar-refractivity contribution < 1.29 is 14.4 Å². The lowest BCUT2D eigenvalue weighted by molar-refractivity contribution is -0.126. The predicted molar refractivity (Wildman–Crippen MR) is 119 cm³/mol. The van der Waals surface area contributed by atoms with Crippen molar-refractivity contribution in [3.05, 3.63) is 77.4 Å². The normalized spacial score (nSPS) is 12.0. The average Bonchev–Trinajstić information content (AvgIpc) is 2.73. The fourth-order valence-electron chi connectivity index (χ4n) is 3.14. The van der Waals surface area contributed by atoms with Gasteiger partial charge >= 0.3 is 0 Å². The Morgan fingerprint density at radius 3 is 2.57 bits per heavy atom. The summed E-state index contributed by atoms with van der Waals surface area (Å²) in [6, 6.07) is 19.7. The van der Waals surface area contributed by atoms with Gasteiger partial charge in [-0.05, 0) is 54.8 Å². The van der Waals surface area contributed by atoms with E-state index in [0.717, 1.165) is 33.7 Å². The maximum Gasteiger partial charge on any atom is 0.270 e. The number of amides is 2. The average molecular weight is 403 g/mol. The van der Waals surface area contributed by atoms with E-state index in [1.165, 1.54) is 0 Å². The summed E-state index contributed by atoms with van der Waals surface area (Å²) >= 11 is 0. The minimum atomic E-state index is -0.424. The first-order valence-corrected chi connectivity index (χ1v) is 9.74.